The van der Waals surface area contributed by atoms with E-state index in [9.17, 15) is 18.0 Å². The number of rotatable bonds is 13. The van der Waals surface area contributed by atoms with Crippen LogP contribution in [0.15, 0.2) is 53.0 Å². The molecule has 7 nitrogen and oxygen atoms in total. The van der Waals surface area contributed by atoms with Crippen molar-refractivity contribution in [3.8, 4) is 0 Å². The third kappa shape index (κ3) is 8.92. The minimum Gasteiger partial charge on any atom is -0.352 e. The minimum atomic E-state index is -3.52. The van der Waals surface area contributed by atoms with Gasteiger partial charge in [-0.1, -0.05) is 54.0 Å². The number of hydrogen-bond acceptors (Lipinski definition) is 4. The number of sulfonamides is 1. The van der Waals surface area contributed by atoms with Crippen LogP contribution in [0.2, 0.25) is 0 Å². The average molecular weight is 581 g/mol. The lowest BCUT2D eigenvalue weighted by Crippen LogP contribution is -2.49. The maximum atomic E-state index is 13.4. The van der Waals surface area contributed by atoms with Gasteiger partial charge in [-0.05, 0) is 68.5 Å². The van der Waals surface area contributed by atoms with Crippen molar-refractivity contribution in [2.45, 2.75) is 72.0 Å². The van der Waals surface area contributed by atoms with E-state index < -0.39 is 16.1 Å². The van der Waals surface area contributed by atoms with Crippen molar-refractivity contribution >= 4 is 43.5 Å². The second-order valence-corrected chi connectivity index (χ2v) is 11.9. The summed E-state index contributed by atoms with van der Waals surface area (Å²) in [6.07, 6.45) is 3.27. The largest absolute Gasteiger partial charge is 0.352 e. The molecule has 2 atom stereocenters. The van der Waals surface area contributed by atoms with Gasteiger partial charge in [-0.3, -0.25) is 13.9 Å². The molecule has 1 N–H and O–H groups in total. The van der Waals surface area contributed by atoms with Gasteiger partial charge in [0.25, 0.3) is 0 Å². The van der Waals surface area contributed by atoms with Crippen molar-refractivity contribution in [2.75, 3.05) is 17.1 Å². The van der Waals surface area contributed by atoms with Crippen LogP contribution < -0.4 is 9.62 Å². The Morgan fingerprint density at radius 2 is 1.69 bits per heavy atom. The van der Waals surface area contributed by atoms with Crippen LogP contribution in [0, 0.1) is 0 Å². The lowest BCUT2D eigenvalue weighted by molar-refractivity contribution is -0.140. The van der Waals surface area contributed by atoms with Crippen LogP contribution >= 0.6 is 15.9 Å². The van der Waals surface area contributed by atoms with Gasteiger partial charge in [-0.2, -0.15) is 0 Å². The average Bonchev–Trinajstić information content (AvgIpc) is 2.83. The number of benzene rings is 2. The highest BCUT2D eigenvalue weighted by atomic mass is 79.9. The van der Waals surface area contributed by atoms with E-state index >= 15 is 0 Å². The molecule has 0 aliphatic heterocycles. The van der Waals surface area contributed by atoms with E-state index in [2.05, 4.69) is 21.2 Å². The lowest BCUT2D eigenvalue weighted by Gasteiger charge is -2.30. The molecule has 0 fully saturated rings. The Labute approximate surface area is 224 Å². The number of anilines is 1. The Morgan fingerprint density at radius 3 is 2.25 bits per heavy atom. The summed E-state index contributed by atoms with van der Waals surface area (Å²) in [4.78, 5) is 27.8. The van der Waals surface area contributed by atoms with Crippen molar-refractivity contribution < 1.29 is 18.0 Å². The zero-order valence-electron chi connectivity index (χ0n) is 21.8. The Kier molecular flexibility index (Phi) is 11.4. The van der Waals surface area contributed by atoms with Crippen molar-refractivity contribution in [1.29, 1.82) is 0 Å². The standard InChI is InChI=1S/C27H38BrN3O4S/c1-6-20(3)29-27(33)21(4)30(19-23-10-8-11-24(28)18-23)26(32)12-9-17-31(36(5,34)35)25-15-13-22(7-2)14-16-25/h8,10-11,13-16,18,20-21H,6-7,9,12,17,19H2,1-5H3,(H,29,33). The highest BCUT2D eigenvalue weighted by molar-refractivity contribution is 9.10. The molecule has 0 aliphatic rings. The molecule has 0 bridgehead atoms. The van der Waals surface area contributed by atoms with E-state index in [0.717, 1.165) is 28.4 Å². The SMILES string of the molecule is CCc1ccc(N(CCCC(=O)N(Cc2cccc(Br)c2)C(C)C(=O)NC(C)CC)S(C)(=O)=O)cc1. The molecule has 2 amide bonds. The fourth-order valence-corrected chi connectivity index (χ4v) is 5.19. The number of carbonyl (C=O) groups excluding carboxylic acids is 2. The molecule has 0 aromatic heterocycles. The number of aryl methyl sites for hydroxylation is 1. The van der Waals surface area contributed by atoms with Crippen LogP contribution in [0.25, 0.3) is 0 Å². The van der Waals surface area contributed by atoms with E-state index in [4.69, 9.17) is 0 Å². The van der Waals surface area contributed by atoms with Crippen LogP contribution in [-0.2, 0) is 32.6 Å². The molecule has 0 radical (unpaired) electrons. The fourth-order valence-electron chi connectivity index (χ4n) is 3.78. The molecule has 2 rings (SSSR count). The first-order valence-electron chi connectivity index (χ1n) is 12.4. The maximum absolute atomic E-state index is 13.4. The number of nitrogens with one attached hydrogen (secondary N) is 1. The molecule has 36 heavy (non-hydrogen) atoms. The summed E-state index contributed by atoms with van der Waals surface area (Å²) in [5, 5.41) is 2.96. The number of nitrogens with zero attached hydrogens (tertiary/aromatic N) is 2. The molecule has 9 heteroatoms. The van der Waals surface area contributed by atoms with E-state index in [1.807, 2.05) is 57.2 Å². The summed E-state index contributed by atoms with van der Waals surface area (Å²) in [6.45, 7) is 8.14. The summed E-state index contributed by atoms with van der Waals surface area (Å²) in [5.41, 5.74) is 2.60. The summed E-state index contributed by atoms with van der Waals surface area (Å²) in [7, 11) is -3.52. The molecule has 2 aromatic rings. The smallest absolute Gasteiger partial charge is 0.242 e. The first kappa shape index (κ1) is 29.8. The molecule has 198 valence electrons. The predicted molar refractivity (Wildman–Crippen MR) is 149 cm³/mol. The quantitative estimate of drug-likeness (QED) is 0.366. The van der Waals surface area contributed by atoms with Crippen molar-refractivity contribution in [3.63, 3.8) is 0 Å². The van der Waals surface area contributed by atoms with Gasteiger partial charge in [-0.25, -0.2) is 8.42 Å². The molecule has 0 saturated carbocycles. The van der Waals surface area contributed by atoms with Gasteiger partial charge in [0.05, 0.1) is 11.9 Å². The maximum Gasteiger partial charge on any atom is 0.242 e. The highest BCUT2D eigenvalue weighted by Gasteiger charge is 2.27. The predicted octanol–water partition coefficient (Wildman–Crippen LogP) is 4.89. The molecule has 0 heterocycles. The summed E-state index contributed by atoms with van der Waals surface area (Å²) in [5.74, 6) is -0.405. The Hall–Kier alpha value is -2.39. The van der Waals surface area contributed by atoms with Crippen molar-refractivity contribution in [3.05, 3.63) is 64.1 Å². The normalized spacial score (nSPS) is 13.1. The van der Waals surface area contributed by atoms with Gasteiger partial charge in [0, 0.05) is 30.0 Å². The lowest BCUT2D eigenvalue weighted by atomic mass is 10.1. The van der Waals surface area contributed by atoms with E-state index in [-0.39, 0.29) is 37.4 Å². The zero-order chi connectivity index (χ0) is 26.9. The van der Waals surface area contributed by atoms with E-state index in [0.29, 0.717) is 12.1 Å². The Bertz CT molecular complexity index is 1120. The third-order valence-corrected chi connectivity index (χ3v) is 7.88. The van der Waals surface area contributed by atoms with Crippen LogP contribution in [0.5, 0.6) is 0 Å². The minimum absolute atomic E-state index is 0.00480. The van der Waals surface area contributed by atoms with Crippen LogP contribution in [0.3, 0.4) is 0 Å². The molecule has 0 aliphatic carbocycles. The monoisotopic (exact) mass is 579 g/mol. The van der Waals surface area contributed by atoms with E-state index in [1.54, 1.807) is 24.0 Å². The van der Waals surface area contributed by atoms with Gasteiger partial charge < -0.3 is 10.2 Å². The zero-order valence-corrected chi connectivity index (χ0v) is 24.2. The molecule has 2 aromatic carbocycles. The molecule has 0 saturated heterocycles. The van der Waals surface area contributed by atoms with Crippen LogP contribution in [0.4, 0.5) is 5.69 Å². The highest BCUT2D eigenvalue weighted by Crippen LogP contribution is 2.21. The van der Waals surface area contributed by atoms with Crippen molar-refractivity contribution in [1.82, 2.24) is 10.2 Å². The van der Waals surface area contributed by atoms with Gasteiger partial charge in [-0.15, -0.1) is 0 Å². The number of carbonyl (C=O) groups is 2. The first-order valence-corrected chi connectivity index (χ1v) is 15.0. The van der Waals surface area contributed by atoms with E-state index in [1.165, 1.54) is 10.6 Å². The third-order valence-electron chi connectivity index (χ3n) is 6.20. The number of halogens is 1. The van der Waals surface area contributed by atoms with Gasteiger partial charge in [0.15, 0.2) is 0 Å². The topological polar surface area (TPSA) is 86.8 Å². The first-order chi connectivity index (χ1) is 17.0. The number of hydrogen-bond donors (Lipinski definition) is 1. The second kappa shape index (κ2) is 13.8. The number of amides is 2. The Balaban J connectivity index is 2.17. The van der Waals surface area contributed by atoms with Crippen LogP contribution in [0.1, 0.15) is 58.1 Å². The molecule has 2 unspecified atom stereocenters. The Morgan fingerprint density at radius 1 is 1.03 bits per heavy atom. The fraction of sp³-hybridized carbons (Fsp3) is 0.481. The van der Waals surface area contributed by atoms with Gasteiger partial charge in [0.1, 0.15) is 6.04 Å². The molecule has 0 spiro atoms. The molecular formula is C27H38BrN3O4S. The summed E-state index contributed by atoms with van der Waals surface area (Å²) in [6, 6.07) is 14.4. The van der Waals surface area contributed by atoms with Crippen molar-refractivity contribution in [2.24, 2.45) is 0 Å². The molecular weight excluding hydrogens is 542 g/mol. The summed E-state index contributed by atoms with van der Waals surface area (Å²) < 4.78 is 27.2. The van der Waals surface area contributed by atoms with Gasteiger partial charge >= 0.3 is 0 Å². The second-order valence-electron chi connectivity index (χ2n) is 9.10. The van der Waals surface area contributed by atoms with Gasteiger partial charge in [0.2, 0.25) is 21.8 Å². The summed E-state index contributed by atoms with van der Waals surface area (Å²) >= 11 is 3.46. The van der Waals surface area contributed by atoms with Crippen LogP contribution in [-0.4, -0.2) is 50.0 Å².